The van der Waals surface area contributed by atoms with Crippen molar-refractivity contribution in [3.8, 4) is 0 Å². The van der Waals surface area contributed by atoms with E-state index in [0.717, 1.165) is 4.47 Å². The van der Waals surface area contributed by atoms with E-state index in [9.17, 15) is 18.3 Å². The number of nitrogens with one attached hydrogen (secondary N) is 1. The average molecular weight is 349 g/mol. The van der Waals surface area contributed by atoms with Crippen LogP contribution in [0.1, 0.15) is 20.3 Å². The van der Waals surface area contributed by atoms with E-state index in [-0.39, 0.29) is 10.8 Å². The molecular weight excluding hydrogens is 334 g/mol. The van der Waals surface area contributed by atoms with E-state index in [1.54, 1.807) is 26.0 Å². The van der Waals surface area contributed by atoms with Crippen molar-refractivity contribution in [1.29, 1.82) is 0 Å². The minimum Gasteiger partial charge on any atom is -0.548 e. The predicted octanol–water partition coefficient (Wildman–Crippen LogP) is 0.892. The summed E-state index contributed by atoms with van der Waals surface area (Å²) in [4.78, 5) is 11.0. The number of carbonyl (C=O) groups excluding carboxylic acids is 1. The lowest BCUT2D eigenvalue weighted by molar-refractivity contribution is -0.309. The molecule has 0 amide bonds. The van der Waals surface area contributed by atoms with E-state index in [1.165, 1.54) is 12.1 Å². The van der Waals surface area contributed by atoms with Crippen LogP contribution >= 0.6 is 15.9 Å². The van der Waals surface area contributed by atoms with E-state index in [1.807, 2.05) is 0 Å². The van der Waals surface area contributed by atoms with Gasteiger partial charge in [-0.05, 0) is 30.2 Å². The molecule has 0 aliphatic heterocycles. The van der Waals surface area contributed by atoms with Crippen LogP contribution in [0.5, 0.6) is 0 Å². The number of rotatable bonds is 6. The first-order valence-corrected chi connectivity index (χ1v) is 8.04. The molecule has 19 heavy (non-hydrogen) atoms. The van der Waals surface area contributed by atoms with Crippen molar-refractivity contribution in [3.05, 3.63) is 28.7 Å². The fraction of sp³-hybridized carbons (Fsp3) is 0.417. The highest BCUT2D eigenvalue weighted by molar-refractivity contribution is 9.10. The third-order valence-electron chi connectivity index (χ3n) is 2.87. The molecule has 2 atom stereocenters. The molecule has 106 valence electrons. The Morgan fingerprint density at radius 1 is 1.37 bits per heavy atom. The van der Waals surface area contributed by atoms with Crippen LogP contribution in [0.15, 0.2) is 33.6 Å². The predicted molar refractivity (Wildman–Crippen MR) is 72.7 cm³/mol. The molecule has 0 saturated heterocycles. The summed E-state index contributed by atoms with van der Waals surface area (Å²) in [5, 5.41) is 11.0. The van der Waals surface area contributed by atoms with Crippen LogP contribution in [-0.4, -0.2) is 20.4 Å². The van der Waals surface area contributed by atoms with Crippen molar-refractivity contribution in [2.45, 2.75) is 31.2 Å². The third-order valence-corrected chi connectivity index (χ3v) is 4.86. The second-order valence-corrected chi connectivity index (χ2v) is 6.89. The molecule has 0 heterocycles. The molecule has 0 bridgehead atoms. The lowest BCUT2D eigenvalue weighted by Crippen LogP contribution is -2.51. The van der Waals surface area contributed by atoms with Crippen molar-refractivity contribution in [3.63, 3.8) is 0 Å². The van der Waals surface area contributed by atoms with Gasteiger partial charge in [0, 0.05) is 4.47 Å². The zero-order chi connectivity index (χ0) is 14.6. The molecule has 0 saturated carbocycles. The highest BCUT2D eigenvalue weighted by Gasteiger charge is 2.24. The molecule has 0 aromatic heterocycles. The van der Waals surface area contributed by atoms with Crippen LogP contribution in [0.2, 0.25) is 0 Å². The number of carboxylic acids is 1. The minimum atomic E-state index is -3.87. The molecule has 1 aromatic carbocycles. The van der Waals surface area contributed by atoms with Crippen LogP contribution in [0, 0.1) is 5.92 Å². The molecule has 1 rings (SSSR count). The molecule has 0 radical (unpaired) electrons. The number of hydrogen-bond donors (Lipinski definition) is 1. The summed E-state index contributed by atoms with van der Waals surface area (Å²) in [7, 11) is -3.87. The van der Waals surface area contributed by atoms with Gasteiger partial charge in [0.15, 0.2) is 0 Å². The van der Waals surface area contributed by atoms with E-state index in [4.69, 9.17) is 0 Å². The minimum absolute atomic E-state index is 0.0188. The lowest BCUT2D eigenvalue weighted by atomic mass is 10.0. The number of sulfonamides is 1. The van der Waals surface area contributed by atoms with E-state index in [2.05, 4.69) is 20.7 Å². The summed E-state index contributed by atoms with van der Waals surface area (Å²) >= 11 is 3.20. The average Bonchev–Trinajstić information content (AvgIpc) is 2.35. The molecule has 5 nitrogen and oxygen atoms in total. The summed E-state index contributed by atoms with van der Waals surface area (Å²) < 4.78 is 27.0. The van der Waals surface area contributed by atoms with Crippen LogP contribution in [-0.2, 0) is 14.8 Å². The van der Waals surface area contributed by atoms with Crippen molar-refractivity contribution in [1.82, 2.24) is 4.72 Å². The second-order valence-electron chi connectivity index (χ2n) is 4.26. The molecule has 7 heteroatoms. The number of hydrogen-bond acceptors (Lipinski definition) is 4. The van der Waals surface area contributed by atoms with Gasteiger partial charge in [-0.25, -0.2) is 13.1 Å². The summed E-state index contributed by atoms with van der Waals surface area (Å²) in [5.74, 6) is -1.77. The van der Waals surface area contributed by atoms with Gasteiger partial charge in [0.05, 0.1) is 16.9 Å². The first kappa shape index (κ1) is 16.1. The Labute approximate surface area is 121 Å². The highest BCUT2D eigenvalue weighted by Crippen LogP contribution is 2.16. The molecule has 0 aliphatic carbocycles. The standard InChI is InChI=1S/C12H16BrNO4S/c1-3-8(2)11(12(15)16)14-19(17,18)10-6-4-9(13)5-7-10/h4-8,11,14H,3H2,1-2H3,(H,15,16)/p-1/t8-,11-/m0/s1. The van der Waals surface area contributed by atoms with Gasteiger partial charge < -0.3 is 9.90 Å². The summed E-state index contributed by atoms with van der Waals surface area (Å²) in [6.45, 7) is 3.44. The third kappa shape index (κ3) is 4.29. The first-order valence-electron chi connectivity index (χ1n) is 5.76. The van der Waals surface area contributed by atoms with Gasteiger partial charge in [-0.3, -0.25) is 0 Å². The van der Waals surface area contributed by atoms with E-state index >= 15 is 0 Å². The van der Waals surface area contributed by atoms with Gasteiger partial charge in [0.2, 0.25) is 10.0 Å². The maximum absolute atomic E-state index is 12.1. The van der Waals surface area contributed by atoms with Gasteiger partial charge in [0.25, 0.3) is 0 Å². The SMILES string of the molecule is CC[C@H](C)[C@H](NS(=O)(=O)c1ccc(Br)cc1)C(=O)[O-]. The number of halogens is 1. The van der Waals surface area contributed by atoms with Crippen LogP contribution in [0.4, 0.5) is 0 Å². The van der Waals surface area contributed by atoms with Gasteiger partial charge in [0.1, 0.15) is 0 Å². The Morgan fingerprint density at radius 3 is 2.32 bits per heavy atom. The topological polar surface area (TPSA) is 86.3 Å². The fourth-order valence-corrected chi connectivity index (χ4v) is 3.04. The van der Waals surface area contributed by atoms with Crippen LogP contribution in [0.25, 0.3) is 0 Å². The van der Waals surface area contributed by atoms with Crippen molar-refractivity contribution < 1.29 is 18.3 Å². The largest absolute Gasteiger partial charge is 0.548 e. The summed E-state index contributed by atoms with van der Waals surface area (Å²) in [6.07, 6.45) is 0.529. The quantitative estimate of drug-likeness (QED) is 0.827. The molecule has 0 spiro atoms. The van der Waals surface area contributed by atoms with E-state index in [0.29, 0.717) is 6.42 Å². The second kappa shape index (κ2) is 6.49. The Hall–Kier alpha value is -0.920. The van der Waals surface area contributed by atoms with Gasteiger partial charge >= 0.3 is 0 Å². The fourth-order valence-electron chi connectivity index (χ4n) is 1.48. The number of aliphatic carboxylic acids is 1. The summed E-state index contributed by atoms with van der Waals surface area (Å²) in [5.41, 5.74) is 0. The van der Waals surface area contributed by atoms with Crippen molar-refractivity contribution >= 4 is 31.9 Å². The zero-order valence-corrected chi connectivity index (χ0v) is 13.0. The highest BCUT2D eigenvalue weighted by atomic mass is 79.9. The summed E-state index contributed by atoms with van der Waals surface area (Å²) in [6, 6.07) is 4.71. The molecule has 0 unspecified atom stereocenters. The monoisotopic (exact) mass is 348 g/mol. The number of carboxylic acid groups (broad SMARTS) is 1. The molecule has 0 fully saturated rings. The van der Waals surface area contributed by atoms with Crippen molar-refractivity contribution in [2.24, 2.45) is 5.92 Å². The van der Waals surface area contributed by atoms with Gasteiger partial charge in [-0.2, -0.15) is 0 Å². The number of benzene rings is 1. The number of carbonyl (C=O) groups is 1. The van der Waals surface area contributed by atoms with Crippen LogP contribution < -0.4 is 9.83 Å². The zero-order valence-electron chi connectivity index (χ0n) is 10.6. The first-order chi connectivity index (χ1) is 8.77. The molecule has 1 N–H and O–H groups in total. The normalized spacial score (nSPS) is 14.9. The molecular formula is C12H15BrNO4S-. The Bertz CT molecular complexity index is 541. The van der Waals surface area contributed by atoms with E-state index < -0.39 is 22.0 Å². The van der Waals surface area contributed by atoms with Gasteiger partial charge in [-0.1, -0.05) is 36.2 Å². The van der Waals surface area contributed by atoms with Gasteiger partial charge in [-0.15, -0.1) is 0 Å². The Kier molecular flexibility index (Phi) is 5.51. The Balaban J connectivity index is 3.00. The van der Waals surface area contributed by atoms with Crippen LogP contribution in [0.3, 0.4) is 0 Å². The smallest absolute Gasteiger partial charge is 0.241 e. The maximum atomic E-state index is 12.1. The lowest BCUT2D eigenvalue weighted by Gasteiger charge is -2.24. The molecule has 1 aromatic rings. The maximum Gasteiger partial charge on any atom is 0.241 e. The van der Waals surface area contributed by atoms with Crippen molar-refractivity contribution in [2.75, 3.05) is 0 Å². The Morgan fingerprint density at radius 2 is 1.89 bits per heavy atom. The molecule has 0 aliphatic rings.